The van der Waals surface area contributed by atoms with Gasteiger partial charge in [0.2, 0.25) is 5.82 Å². The summed E-state index contributed by atoms with van der Waals surface area (Å²) in [6.45, 7) is 0. The maximum absolute atomic E-state index is 13.6. The van der Waals surface area contributed by atoms with E-state index in [1.807, 2.05) is 0 Å². The second-order valence-corrected chi connectivity index (χ2v) is 6.79. The number of non-ortho nitro benzene ring substituents is 1. The summed E-state index contributed by atoms with van der Waals surface area (Å²) < 4.78 is 46.9. The highest BCUT2D eigenvalue weighted by atomic mass is 19.4. The normalized spacial score (nSPS) is 11.4. The van der Waals surface area contributed by atoms with Crippen molar-refractivity contribution in [2.45, 2.75) is 6.18 Å². The van der Waals surface area contributed by atoms with Crippen LogP contribution in [0.2, 0.25) is 0 Å². The maximum atomic E-state index is 13.6. The Hall–Kier alpha value is -4.48. The third-order valence-corrected chi connectivity index (χ3v) is 4.68. The number of halogens is 3. The number of carbonyl (C=O) groups is 1. The van der Waals surface area contributed by atoms with Crippen LogP contribution in [0.15, 0.2) is 60.8 Å². The third-order valence-electron chi connectivity index (χ3n) is 4.68. The molecule has 2 aromatic heterocycles. The summed E-state index contributed by atoms with van der Waals surface area (Å²) in [5.41, 5.74) is 0.129. The van der Waals surface area contributed by atoms with Crippen LogP contribution in [0.3, 0.4) is 0 Å². The minimum Gasteiger partial charge on any atom is -0.497 e. The molecular weight excluding hydrogens is 443 g/mol. The number of imidazole rings is 1. The number of nitro groups is 1. The zero-order valence-corrected chi connectivity index (χ0v) is 16.8. The van der Waals surface area contributed by atoms with Crippen LogP contribution in [-0.2, 0) is 6.18 Å². The molecule has 1 amide bonds. The zero-order valence-electron chi connectivity index (χ0n) is 16.8. The molecule has 0 fully saturated rings. The molecule has 9 nitrogen and oxygen atoms in total. The number of aromatic nitrogens is 3. The standard InChI is InChI=1S/C21H14F3N5O4/c1-33-15-6-7-17-16(10-15)26-20(21(22,23)24)28(17)14-5-8-18(25-11-14)27-19(30)12-3-2-4-13(9-12)29(31)32/h2-11H,1H3,(H,25,27,30). The Balaban J connectivity index is 1.66. The lowest BCUT2D eigenvalue weighted by molar-refractivity contribution is -0.384. The summed E-state index contributed by atoms with van der Waals surface area (Å²) in [6, 6.07) is 12.1. The number of nitro benzene ring substituents is 1. The molecule has 4 rings (SSSR count). The number of ether oxygens (including phenoxy) is 1. The fourth-order valence-electron chi connectivity index (χ4n) is 3.18. The van der Waals surface area contributed by atoms with E-state index in [-0.39, 0.29) is 33.8 Å². The minimum absolute atomic E-state index is 0.0315. The zero-order chi connectivity index (χ0) is 23.8. The SMILES string of the molecule is COc1ccc2c(c1)nc(C(F)(F)F)n2-c1ccc(NC(=O)c2cccc([N+](=O)[O-])c2)nc1. The highest BCUT2D eigenvalue weighted by molar-refractivity contribution is 6.04. The van der Waals surface area contributed by atoms with Gasteiger partial charge in [0.05, 0.1) is 35.0 Å². The van der Waals surface area contributed by atoms with Crippen molar-refractivity contribution >= 4 is 28.4 Å². The Morgan fingerprint density at radius 2 is 1.94 bits per heavy atom. The summed E-state index contributed by atoms with van der Waals surface area (Å²) in [7, 11) is 1.40. The number of pyridine rings is 1. The van der Waals surface area contributed by atoms with Crippen molar-refractivity contribution in [1.29, 1.82) is 0 Å². The first kappa shape index (κ1) is 21.7. The van der Waals surface area contributed by atoms with Crippen LogP contribution in [-0.4, -0.2) is 32.5 Å². The van der Waals surface area contributed by atoms with Crippen molar-refractivity contribution in [2.24, 2.45) is 0 Å². The molecule has 0 saturated heterocycles. The summed E-state index contributed by atoms with van der Waals surface area (Å²) in [6.07, 6.45) is -3.58. The van der Waals surface area contributed by atoms with Crippen molar-refractivity contribution in [2.75, 3.05) is 12.4 Å². The molecule has 0 atom stereocenters. The number of nitrogens with one attached hydrogen (secondary N) is 1. The second kappa shape index (κ2) is 8.22. The van der Waals surface area contributed by atoms with E-state index in [4.69, 9.17) is 4.74 Å². The second-order valence-electron chi connectivity index (χ2n) is 6.79. The Bertz CT molecular complexity index is 1370. The Labute approximate surface area is 183 Å². The van der Waals surface area contributed by atoms with Crippen LogP contribution < -0.4 is 10.1 Å². The lowest BCUT2D eigenvalue weighted by Gasteiger charge is -2.12. The van der Waals surface area contributed by atoms with Crippen LogP contribution >= 0.6 is 0 Å². The molecule has 168 valence electrons. The number of hydrogen-bond donors (Lipinski definition) is 1. The van der Waals surface area contributed by atoms with Gasteiger partial charge in [-0.2, -0.15) is 13.2 Å². The van der Waals surface area contributed by atoms with Gasteiger partial charge in [0.1, 0.15) is 11.6 Å². The van der Waals surface area contributed by atoms with Crippen molar-refractivity contribution in [1.82, 2.24) is 14.5 Å². The van der Waals surface area contributed by atoms with E-state index in [9.17, 15) is 28.1 Å². The van der Waals surface area contributed by atoms with Gasteiger partial charge in [-0.1, -0.05) is 6.07 Å². The highest BCUT2D eigenvalue weighted by Crippen LogP contribution is 2.34. The minimum atomic E-state index is -4.73. The van der Waals surface area contributed by atoms with E-state index < -0.39 is 22.8 Å². The van der Waals surface area contributed by atoms with Gasteiger partial charge < -0.3 is 10.1 Å². The highest BCUT2D eigenvalue weighted by Gasteiger charge is 2.38. The average Bonchev–Trinajstić information content (AvgIpc) is 3.19. The summed E-state index contributed by atoms with van der Waals surface area (Å²) >= 11 is 0. The molecule has 0 radical (unpaired) electrons. The van der Waals surface area contributed by atoms with Crippen molar-refractivity contribution in [3.63, 3.8) is 0 Å². The molecule has 0 spiro atoms. The molecule has 12 heteroatoms. The van der Waals surface area contributed by atoms with Crippen LogP contribution in [0, 0.1) is 10.1 Å². The van der Waals surface area contributed by atoms with Gasteiger partial charge in [-0.3, -0.25) is 19.5 Å². The summed E-state index contributed by atoms with van der Waals surface area (Å²) in [5.74, 6) is -1.39. The van der Waals surface area contributed by atoms with Gasteiger partial charge >= 0.3 is 6.18 Å². The number of methoxy groups -OCH3 is 1. The third kappa shape index (κ3) is 4.31. The number of amides is 1. The van der Waals surface area contributed by atoms with E-state index >= 15 is 0 Å². The molecule has 0 aliphatic rings. The lowest BCUT2D eigenvalue weighted by Crippen LogP contribution is -2.15. The van der Waals surface area contributed by atoms with Crippen molar-refractivity contribution in [3.05, 3.63) is 82.3 Å². The molecule has 2 aromatic carbocycles. The van der Waals surface area contributed by atoms with E-state index in [1.54, 1.807) is 0 Å². The van der Waals surface area contributed by atoms with Crippen LogP contribution in [0.4, 0.5) is 24.7 Å². The fourth-order valence-corrected chi connectivity index (χ4v) is 3.18. The van der Waals surface area contributed by atoms with Crippen molar-refractivity contribution < 1.29 is 27.6 Å². The first-order valence-electron chi connectivity index (χ1n) is 9.33. The monoisotopic (exact) mass is 457 g/mol. The topological polar surface area (TPSA) is 112 Å². The van der Waals surface area contributed by atoms with Crippen LogP contribution in [0.5, 0.6) is 5.75 Å². The van der Waals surface area contributed by atoms with Gasteiger partial charge in [-0.25, -0.2) is 9.97 Å². The molecule has 33 heavy (non-hydrogen) atoms. The largest absolute Gasteiger partial charge is 0.497 e. The van der Waals surface area contributed by atoms with Crippen LogP contribution in [0.25, 0.3) is 16.7 Å². The van der Waals surface area contributed by atoms with E-state index in [0.717, 1.165) is 16.8 Å². The van der Waals surface area contributed by atoms with Gasteiger partial charge in [-0.15, -0.1) is 0 Å². The number of alkyl halides is 3. The molecule has 1 N–H and O–H groups in total. The smallest absolute Gasteiger partial charge is 0.450 e. The number of hydrogen-bond acceptors (Lipinski definition) is 6. The average molecular weight is 457 g/mol. The first-order valence-corrected chi connectivity index (χ1v) is 9.33. The van der Waals surface area contributed by atoms with Gasteiger partial charge in [0.25, 0.3) is 11.6 Å². The molecule has 0 saturated carbocycles. The molecular formula is C21H14F3N5O4. The number of anilines is 1. The molecule has 0 bridgehead atoms. The quantitative estimate of drug-likeness (QED) is 0.346. The number of rotatable bonds is 5. The maximum Gasteiger partial charge on any atom is 0.450 e. The van der Waals surface area contributed by atoms with E-state index in [1.165, 1.54) is 55.6 Å². The summed E-state index contributed by atoms with van der Waals surface area (Å²) in [4.78, 5) is 30.3. The Morgan fingerprint density at radius 3 is 2.58 bits per heavy atom. The van der Waals surface area contributed by atoms with Gasteiger partial charge in [0, 0.05) is 23.8 Å². The molecule has 4 aromatic rings. The Morgan fingerprint density at radius 1 is 1.15 bits per heavy atom. The number of benzene rings is 2. The van der Waals surface area contributed by atoms with E-state index in [0.29, 0.717) is 5.75 Å². The molecule has 2 heterocycles. The van der Waals surface area contributed by atoms with Crippen molar-refractivity contribution in [3.8, 4) is 11.4 Å². The fraction of sp³-hybridized carbons (Fsp3) is 0.0952. The first-order chi connectivity index (χ1) is 15.7. The van der Waals surface area contributed by atoms with Gasteiger partial charge in [-0.05, 0) is 30.3 Å². The predicted molar refractivity (Wildman–Crippen MR) is 111 cm³/mol. The number of fused-ring (bicyclic) bond motifs is 1. The predicted octanol–water partition coefficient (Wildman–Crippen LogP) is 4.61. The lowest BCUT2D eigenvalue weighted by atomic mass is 10.2. The Kier molecular flexibility index (Phi) is 5.42. The molecule has 0 aliphatic heterocycles. The molecule has 0 unspecified atom stereocenters. The number of carbonyl (C=O) groups excluding carboxylic acids is 1. The van der Waals surface area contributed by atoms with Gasteiger partial charge in [0.15, 0.2) is 0 Å². The molecule has 0 aliphatic carbocycles. The summed E-state index contributed by atoms with van der Waals surface area (Å²) in [5, 5.41) is 13.3. The van der Waals surface area contributed by atoms with Crippen LogP contribution in [0.1, 0.15) is 16.2 Å². The van der Waals surface area contributed by atoms with E-state index in [2.05, 4.69) is 15.3 Å². The number of nitrogens with zero attached hydrogens (tertiary/aromatic N) is 4.